The van der Waals surface area contributed by atoms with Crippen LogP contribution < -0.4 is 5.32 Å². The number of hydrogen-bond donors (Lipinski definition) is 2. The minimum atomic E-state index is -0.251. The van der Waals surface area contributed by atoms with Gasteiger partial charge in [-0.1, -0.05) is 30.3 Å². The minimum Gasteiger partial charge on any atom is -0.506 e. The maximum Gasteiger partial charge on any atom is 0.275 e. The Kier molecular flexibility index (Phi) is 2.34. The van der Waals surface area contributed by atoms with E-state index in [1.165, 1.54) is 6.07 Å². The molecule has 2 N–H and O–H groups in total. The van der Waals surface area contributed by atoms with Crippen LogP contribution in [0.5, 0.6) is 5.75 Å². The standard InChI is InChI=1S/C14H10N2O2/c17-12-8-4-3-7-11(12)15-13-9-5-1-2-6-10(9)16-14(13)18/h1-8,17H,(H,15,16,18). The van der Waals surface area contributed by atoms with Crippen LogP contribution in [-0.2, 0) is 4.79 Å². The van der Waals surface area contributed by atoms with Gasteiger partial charge in [0.15, 0.2) is 0 Å². The number of phenolic OH excluding ortho intramolecular Hbond substituents is 1. The van der Waals surface area contributed by atoms with Gasteiger partial charge < -0.3 is 10.4 Å². The van der Waals surface area contributed by atoms with Gasteiger partial charge in [0.25, 0.3) is 5.91 Å². The number of aliphatic imine (C=N–C) groups is 1. The summed E-state index contributed by atoms with van der Waals surface area (Å²) in [6, 6.07) is 14.0. The zero-order valence-corrected chi connectivity index (χ0v) is 9.42. The van der Waals surface area contributed by atoms with E-state index in [0.29, 0.717) is 11.4 Å². The van der Waals surface area contributed by atoms with Gasteiger partial charge in [0, 0.05) is 5.56 Å². The number of benzene rings is 2. The van der Waals surface area contributed by atoms with Gasteiger partial charge in [0.2, 0.25) is 0 Å². The average molecular weight is 238 g/mol. The van der Waals surface area contributed by atoms with Crippen molar-refractivity contribution < 1.29 is 9.90 Å². The lowest BCUT2D eigenvalue weighted by Crippen LogP contribution is -2.13. The molecular weight excluding hydrogens is 228 g/mol. The van der Waals surface area contributed by atoms with E-state index in [1.807, 2.05) is 24.3 Å². The highest BCUT2D eigenvalue weighted by Gasteiger charge is 2.25. The Morgan fingerprint density at radius 2 is 1.72 bits per heavy atom. The molecule has 0 radical (unpaired) electrons. The van der Waals surface area contributed by atoms with Crippen molar-refractivity contribution in [2.45, 2.75) is 0 Å². The lowest BCUT2D eigenvalue weighted by Gasteiger charge is -1.99. The number of fused-ring (bicyclic) bond motifs is 1. The van der Waals surface area contributed by atoms with Gasteiger partial charge in [-0.3, -0.25) is 4.79 Å². The van der Waals surface area contributed by atoms with Gasteiger partial charge in [-0.2, -0.15) is 0 Å². The summed E-state index contributed by atoms with van der Waals surface area (Å²) in [5.74, 6) is -0.193. The van der Waals surface area contributed by atoms with Crippen LogP contribution in [0.3, 0.4) is 0 Å². The highest BCUT2D eigenvalue weighted by molar-refractivity contribution is 6.54. The Morgan fingerprint density at radius 3 is 2.56 bits per heavy atom. The molecule has 18 heavy (non-hydrogen) atoms. The molecule has 88 valence electrons. The second-order valence-corrected chi connectivity index (χ2v) is 3.95. The molecule has 4 nitrogen and oxygen atoms in total. The molecular formula is C14H10N2O2. The Labute approximate surface area is 104 Å². The number of carbonyl (C=O) groups is 1. The number of hydrogen-bond acceptors (Lipinski definition) is 3. The van der Waals surface area contributed by atoms with Crippen molar-refractivity contribution in [1.82, 2.24) is 0 Å². The number of carbonyl (C=O) groups excluding carboxylic acids is 1. The summed E-state index contributed by atoms with van der Waals surface area (Å²) in [5, 5.41) is 12.4. The van der Waals surface area contributed by atoms with Crippen LogP contribution in [0.2, 0.25) is 0 Å². The first-order valence-electron chi connectivity index (χ1n) is 5.53. The molecule has 0 bridgehead atoms. The van der Waals surface area contributed by atoms with Crippen LogP contribution in [0.15, 0.2) is 53.5 Å². The fourth-order valence-corrected chi connectivity index (χ4v) is 1.89. The van der Waals surface area contributed by atoms with Crippen molar-refractivity contribution in [1.29, 1.82) is 0 Å². The van der Waals surface area contributed by atoms with E-state index in [0.717, 1.165) is 11.3 Å². The second kappa shape index (κ2) is 4.00. The lowest BCUT2D eigenvalue weighted by molar-refractivity contribution is -0.110. The van der Waals surface area contributed by atoms with Crippen LogP contribution in [0.25, 0.3) is 0 Å². The van der Waals surface area contributed by atoms with E-state index in [9.17, 15) is 9.90 Å². The Balaban J connectivity index is 2.13. The Hall–Kier alpha value is -2.62. The van der Waals surface area contributed by atoms with Crippen molar-refractivity contribution in [3.63, 3.8) is 0 Å². The summed E-state index contributed by atoms with van der Waals surface area (Å²) in [4.78, 5) is 16.1. The Bertz CT molecular complexity index is 662. The predicted molar refractivity (Wildman–Crippen MR) is 69.4 cm³/mol. The van der Waals surface area contributed by atoms with E-state index < -0.39 is 0 Å². The van der Waals surface area contributed by atoms with Gasteiger partial charge >= 0.3 is 0 Å². The van der Waals surface area contributed by atoms with E-state index in [1.54, 1.807) is 18.2 Å². The molecule has 0 aliphatic carbocycles. The molecule has 0 unspecified atom stereocenters. The monoisotopic (exact) mass is 238 g/mol. The molecule has 2 aromatic rings. The smallest absolute Gasteiger partial charge is 0.275 e. The van der Waals surface area contributed by atoms with Gasteiger partial charge in [0.05, 0.1) is 5.69 Å². The van der Waals surface area contributed by atoms with E-state index >= 15 is 0 Å². The fourth-order valence-electron chi connectivity index (χ4n) is 1.89. The zero-order valence-electron chi connectivity index (χ0n) is 9.42. The highest BCUT2D eigenvalue weighted by atomic mass is 16.3. The third kappa shape index (κ3) is 1.64. The van der Waals surface area contributed by atoms with Crippen LogP contribution in [0, 0.1) is 0 Å². The number of aromatic hydroxyl groups is 1. The highest BCUT2D eigenvalue weighted by Crippen LogP contribution is 2.29. The predicted octanol–water partition coefficient (Wildman–Crippen LogP) is 2.47. The van der Waals surface area contributed by atoms with Crippen molar-refractivity contribution in [3.05, 3.63) is 54.1 Å². The van der Waals surface area contributed by atoms with Gasteiger partial charge in [-0.15, -0.1) is 0 Å². The Morgan fingerprint density at radius 1 is 1.00 bits per heavy atom. The zero-order chi connectivity index (χ0) is 12.5. The number of amides is 1. The molecule has 0 fully saturated rings. The van der Waals surface area contributed by atoms with Crippen LogP contribution in [0.4, 0.5) is 11.4 Å². The van der Waals surface area contributed by atoms with Crippen molar-refractivity contribution in [3.8, 4) is 5.75 Å². The van der Waals surface area contributed by atoms with Crippen molar-refractivity contribution >= 4 is 23.0 Å². The third-order valence-electron chi connectivity index (χ3n) is 2.76. The fraction of sp³-hybridized carbons (Fsp3) is 0. The van der Waals surface area contributed by atoms with Gasteiger partial charge in [0.1, 0.15) is 17.1 Å². The first kappa shape index (κ1) is 10.5. The van der Waals surface area contributed by atoms with Crippen LogP contribution in [0.1, 0.15) is 5.56 Å². The quantitative estimate of drug-likeness (QED) is 0.801. The molecule has 1 aliphatic heterocycles. The largest absolute Gasteiger partial charge is 0.506 e. The number of nitrogens with zero attached hydrogens (tertiary/aromatic N) is 1. The van der Waals surface area contributed by atoms with Crippen LogP contribution >= 0.6 is 0 Å². The maximum atomic E-state index is 11.8. The molecule has 3 rings (SSSR count). The normalized spacial score (nSPS) is 15.6. The molecule has 0 saturated carbocycles. The van der Waals surface area contributed by atoms with Crippen molar-refractivity contribution in [2.75, 3.05) is 5.32 Å². The van der Waals surface area contributed by atoms with E-state index in [4.69, 9.17) is 0 Å². The van der Waals surface area contributed by atoms with E-state index in [2.05, 4.69) is 10.3 Å². The lowest BCUT2D eigenvalue weighted by atomic mass is 10.1. The number of anilines is 1. The number of rotatable bonds is 1. The van der Waals surface area contributed by atoms with Crippen LogP contribution in [-0.4, -0.2) is 16.7 Å². The molecule has 0 saturated heterocycles. The minimum absolute atomic E-state index is 0.0576. The summed E-state index contributed by atoms with van der Waals surface area (Å²) in [6.07, 6.45) is 0. The number of para-hydroxylation sites is 3. The first-order valence-corrected chi connectivity index (χ1v) is 5.53. The maximum absolute atomic E-state index is 11.8. The molecule has 0 spiro atoms. The van der Waals surface area contributed by atoms with E-state index in [-0.39, 0.29) is 11.7 Å². The molecule has 1 amide bonds. The molecule has 2 aromatic carbocycles. The molecule has 1 aliphatic rings. The molecule has 4 heteroatoms. The molecule has 0 atom stereocenters. The number of nitrogens with one attached hydrogen (secondary N) is 1. The van der Waals surface area contributed by atoms with Crippen molar-refractivity contribution in [2.24, 2.45) is 4.99 Å². The summed E-state index contributed by atoms with van der Waals surface area (Å²) < 4.78 is 0. The third-order valence-corrected chi connectivity index (χ3v) is 2.76. The van der Waals surface area contributed by atoms with Gasteiger partial charge in [-0.25, -0.2) is 4.99 Å². The molecule has 0 aromatic heterocycles. The number of phenols is 1. The summed E-state index contributed by atoms with van der Waals surface area (Å²) >= 11 is 0. The van der Waals surface area contributed by atoms with Gasteiger partial charge in [-0.05, 0) is 18.2 Å². The average Bonchev–Trinajstić information content (AvgIpc) is 2.69. The topological polar surface area (TPSA) is 61.7 Å². The SMILES string of the molecule is O=C1Nc2ccccc2C1=Nc1ccccc1O. The second-order valence-electron chi connectivity index (χ2n) is 3.95. The summed E-state index contributed by atoms with van der Waals surface area (Å²) in [7, 11) is 0. The first-order chi connectivity index (χ1) is 8.75. The molecule has 1 heterocycles. The summed E-state index contributed by atoms with van der Waals surface area (Å²) in [6.45, 7) is 0. The summed E-state index contributed by atoms with van der Waals surface area (Å²) in [5.41, 5.74) is 2.22.